The van der Waals surface area contributed by atoms with Crippen LogP contribution in [0, 0.1) is 0 Å². The molecular weight excluding hydrogens is 901 g/mol. The number of carbonyl (C=O) groups is 2. The Bertz CT molecular complexity index is 2230. The first kappa shape index (κ1) is 54.9. The van der Waals surface area contributed by atoms with Crippen LogP contribution >= 0.6 is 0 Å². The van der Waals surface area contributed by atoms with Crippen molar-refractivity contribution >= 4 is 22.0 Å². The van der Waals surface area contributed by atoms with Crippen molar-refractivity contribution < 1.29 is 52.1 Å². The molecule has 0 heterocycles. The van der Waals surface area contributed by atoms with Crippen LogP contribution in [0.5, 0.6) is 5.75 Å². The van der Waals surface area contributed by atoms with Crippen LogP contribution in [0.2, 0.25) is 0 Å². The molecule has 0 radical (unpaired) electrons. The average Bonchev–Trinajstić information content (AvgIpc) is 4.02. The first-order chi connectivity index (χ1) is 32.8. The summed E-state index contributed by atoms with van der Waals surface area (Å²) in [6.45, 7) is 11.2. The Morgan fingerprint density at radius 2 is 1.06 bits per heavy atom. The molecule has 6 rings (SSSR count). The second-order valence-electron chi connectivity index (χ2n) is 19.7. The number of hydrogen-bond acceptors (Lipinski definition) is 13. The van der Waals surface area contributed by atoms with Crippen LogP contribution in [-0.2, 0) is 48.4 Å². The number of ether oxygens (including phenoxy) is 3. The molecule has 4 atom stereocenters. The Kier molecular flexibility index (Phi) is 20.9. The van der Waals surface area contributed by atoms with Crippen molar-refractivity contribution in [3.8, 4) is 5.75 Å². The lowest BCUT2D eigenvalue weighted by molar-refractivity contribution is -0.0661. The lowest BCUT2D eigenvalue weighted by Gasteiger charge is -2.31. The van der Waals surface area contributed by atoms with Crippen LogP contribution in [0.3, 0.4) is 0 Å². The Morgan fingerprint density at radius 1 is 0.623 bits per heavy atom. The summed E-state index contributed by atoms with van der Waals surface area (Å²) in [7, 11) is -3.90. The molecule has 16 heteroatoms. The van der Waals surface area contributed by atoms with Gasteiger partial charge in [0.1, 0.15) is 23.6 Å². The predicted molar refractivity (Wildman–Crippen MR) is 265 cm³/mol. The fourth-order valence-electron chi connectivity index (χ4n) is 8.03. The maximum atomic E-state index is 13.8. The summed E-state index contributed by atoms with van der Waals surface area (Å²) < 4.78 is 44.2. The second kappa shape index (κ2) is 26.2. The highest BCUT2D eigenvalue weighted by atomic mass is 32.2. The van der Waals surface area contributed by atoms with Gasteiger partial charge in [0, 0.05) is 13.1 Å². The molecule has 0 saturated heterocycles. The molecule has 4 aromatic carbocycles. The van der Waals surface area contributed by atoms with Crippen molar-refractivity contribution in [3.63, 3.8) is 0 Å². The number of benzene rings is 4. The molecular formula is C53H74N4O11S. The summed E-state index contributed by atoms with van der Waals surface area (Å²) in [5.41, 5.74) is 7.27. The first-order valence-corrected chi connectivity index (χ1v) is 25.5. The molecule has 15 nitrogen and oxygen atoms in total. The summed E-state index contributed by atoms with van der Waals surface area (Å²) in [5, 5.41) is 27.2. The zero-order chi connectivity index (χ0) is 49.9. The normalized spacial score (nSPS) is 16.8. The highest BCUT2D eigenvalue weighted by Gasteiger charge is 2.49. The van der Waals surface area contributed by atoms with Crippen molar-refractivity contribution in [3.05, 3.63) is 132 Å². The van der Waals surface area contributed by atoms with E-state index in [1.807, 2.05) is 112 Å². The first-order valence-electron chi connectivity index (χ1n) is 24.0. The standard InChI is InChI=1S/C33H42N2O7S.C20H32N2O4/c1-32(2,3)41-31(37)35-29(22-25-12-6-4-7-13-25)30(36)23-34-42-33(20-10-11-21-33)43(38,39)28-18-16-27(17-19-28)40-24-26-14-8-5-9-15-26;1-20(2,3)25-19(24)22-17(13-15-9-5-4-6-10-15)18(23)14-21-26-16-11-7-8-12-16/h4-9,12-19,29-30,34,36H,10-11,20-24H2,1-3H3,(H,35,37);4-6,9-10,16-18,21,23H,7-8,11-14H2,1-3H3,(H,22,24)/t29-,30+;/m0./s1. The van der Waals surface area contributed by atoms with Gasteiger partial charge in [-0.15, -0.1) is 0 Å². The minimum absolute atomic E-state index is 0.114. The zero-order valence-corrected chi connectivity index (χ0v) is 41.8. The Labute approximate surface area is 408 Å². The van der Waals surface area contributed by atoms with Crippen molar-refractivity contribution in [1.29, 1.82) is 0 Å². The van der Waals surface area contributed by atoms with Crippen LogP contribution in [0.4, 0.5) is 9.59 Å². The van der Waals surface area contributed by atoms with Crippen LogP contribution in [0.25, 0.3) is 0 Å². The molecule has 0 spiro atoms. The predicted octanol–water partition coefficient (Wildman–Crippen LogP) is 8.27. The van der Waals surface area contributed by atoms with E-state index < -0.39 is 62.5 Å². The molecule has 2 unspecified atom stereocenters. The molecule has 378 valence electrons. The van der Waals surface area contributed by atoms with Gasteiger partial charge >= 0.3 is 12.2 Å². The van der Waals surface area contributed by atoms with E-state index in [1.54, 1.807) is 32.9 Å². The minimum Gasteiger partial charge on any atom is -0.489 e. The lowest BCUT2D eigenvalue weighted by Crippen LogP contribution is -2.51. The van der Waals surface area contributed by atoms with Gasteiger partial charge < -0.3 is 35.1 Å². The summed E-state index contributed by atoms with van der Waals surface area (Å²) in [6, 6.07) is 34.1. The van der Waals surface area contributed by atoms with Gasteiger partial charge in [0.05, 0.1) is 35.3 Å². The number of aliphatic hydroxyl groups is 2. The topological polar surface area (TPSA) is 203 Å². The lowest BCUT2D eigenvalue weighted by atomic mass is 10.0. The van der Waals surface area contributed by atoms with E-state index >= 15 is 0 Å². The van der Waals surface area contributed by atoms with Crippen LogP contribution in [-0.4, -0.2) is 90.4 Å². The molecule has 2 aliphatic rings. The zero-order valence-electron chi connectivity index (χ0n) is 41.0. The van der Waals surface area contributed by atoms with Crippen LogP contribution in [0.1, 0.15) is 110 Å². The van der Waals surface area contributed by atoms with Crippen LogP contribution in [0.15, 0.2) is 120 Å². The number of hydroxylamine groups is 2. The van der Waals surface area contributed by atoms with E-state index in [0.717, 1.165) is 29.5 Å². The molecule has 69 heavy (non-hydrogen) atoms. The SMILES string of the molecule is CC(C)(C)OC(=O)NC(Cc1ccccc1)C(O)CNOC1CCCC1.CC(C)(C)OC(=O)N[C@@H](Cc1ccccc1)[C@H](O)CNOC1(S(=O)(=O)c2ccc(OCc3ccccc3)cc2)CCCC1. The molecule has 0 aromatic heterocycles. The minimum atomic E-state index is -3.90. The van der Waals surface area contributed by atoms with E-state index in [9.17, 15) is 28.2 Å². The number of rotatable bonds is 21. The van der Waals surface area contributed by atoms with Gasteiger partial charge in [-0.05, 0) is 134 Å². The molecule has 2 aliphatic carbocycles. The number of sulfone groups is 1. The number of aliphatic hydroxyl groups excluding tert-OH is 2. The van der Waals surface area contributed by atoms with Gasteiger partial charge in [-0.25, -0.2) is 18.0 Å². The highest BCUT2D eigenvalue weighted by Crippen LogP contribution is 2.41. The van der Waals surface area contributed by atoms with E-state index in [0.29, 0.717) is 50.9 Å². The van der Waals surface area contributed by atoms with Gasteiger partial charge in [0.25, 0.3) is 0 Å². The Balaban J connectivity index is 0.000000292. The molecule has 4 aromatic rings. The largest absolute Gasteiger partial charge is 0.489 e. The van der Waals surface area contributed by atoms with E-state index in [-0.39, 0.29) is 24.1 Å². The molecule has 0 bridgehead atoms. The van der Waals surface area contributed by atoms with Crippen LogP contribution < -0.4 is 26.3 Å². The number of hydrogen-bond donors (Lipinski definition) is 6. The third-order valence-corrected chi connectivity index (χ3v) is 13.9. The maximum absolute atomic E-state index is 13.8. The summed E-state index contributed by atoms with van der Waals surface area (Å²) >= 11 is 0. The van der Waals surface area contributed by atoms with Gasteiger partial charge in [0.15, 0.2) is 4.93 Å². The fourth-order valence-corrected chi connectivity index (χ4v) is 9.95. The summed E-state index contributed by atoms with van der Waals surface area (Å²) in [5.74, 6) is 0.562. The van der Waals surface area contributed by atoms with Crippen molar-refractivity contribution in [2.75, 3.05) is 13.1 Å². The molecule has 2 saturated carbocycles. The van der Waals surface area contributed by atoms with E-state index in [4.69, 9.17) is 23.9 Å². The van der Waals surface area contributed by atoms with E-state index in [2.05, 4.69) is 21.6 Å². The molecule has 6 N–H and O–H groups in total. The van der Waals surface area contributed by atoms with Gasteiger partial charge in [-0.1, -0.05) is 104 Å². The fraction of sp³-hybridized carbons (Fsp3) is 0.509. The summed E-state index contributed by atoms with van der Waals surface area (Å²) in [6.07, 6.45) is 4.45. The Hall–Kier alpha value is -5.07. The smallest absolute Gasteiger partial charge is 0.407 e. The molecule has 2 amide bonds. The van der Waals surface area contributed by atoms with Crippen molar-refractivity contribution in [2.45, 2.75) is 164 Å². The number of carbonyl (C=O) groups excluding carboxylic acids is 2. The quantitative estimate of drug-likeness (QED) is 0.0436. The maximum Gasteiger partial charge on any atom is 0.407 e. The number of nitrogens with one attached hydrogen (secondary N) is 4. The van der Waals surface area contributed by atoms with Gasteiger partial charge in [-0.2, -0.15) is 11.0 Å². The monoisotopic (exact) mass is 975 g/mol. The van der Waals surface area contributed by atoms with E-state index in [1.165, 1.54) is 25.0 Å². The average molecular weight is 975 g/mol. The second-order valence-corrected chi connectivity index (χ2v) is 21.9. The van der Waals surface area contributed by atoms with Crippen molar-refractivity contribution in [1.82, 2.24) is 21.6 Å². The highest BCUT2D eigenvalue weighted by molar-refractivity contribution is 7.92. The van der Waals surface area contributed by atoms with Crippen molar-refractivity contribution in [2.24, 2.45) is 0 Å². The molecule has 0 aliphatic heterocycles. The number of amides is 2. The third-order valence-electron chi connectivity index (χ3n) is 11.6. The third kappa shape index (κ3) is 18.6. The van der Waals surface area contributed by atoms with Gasteiger partial charge in [-0.3, -0.25) is 9.68 Å². The van der Waals surface area contributed by atoms with Gasteiger partial charge in [0.2, 0.25) is 9.84 Å². The Morgan fingerprint density at radius 3 is 1.51 bits per heavy atom. The number of alkyl carbamates (subject to hydrolysis) is 2. The summed E-state index contributed by atoms with van der Waals surface area (Å²) in [4.78, 5) is 34.9. The molecule has 2 fully saturated rings.